The summed E-state index contributed by atoms with van der Waals surface area (Å²) in [6.07, 6.45) is 4.81. The SMILES string of the molecule is CCNC(=O)Nc1ccc(-c2cnc3cnc(C(=O)N(C)c4ccc(F)c(OC)c4)cn23)cc1. The molecule has 174 valence electrons. The minimum atomic E-state index is -0.512. The summed E-state index contributed by atoms with van der Waals surface area (Å²) in [6.45, 7) is 2.38. The van der Waals surface area contributed by atoms with Crippen LogP contribution < -0.4 is 20.3 Å². The van der Waals surface area contributed by atoms with Gasteiger partial charge in [-0.15, -0.1) is 0 Å². The average Bonchev–Trinajstić information content (AvgIpc) is 3.27. The molecule has 0 spiro atoms. The van der Waals surface area contributed by atoms with Crippen molar-refractivity contribution in [1.82, 2.24) is 19.7 Å². The van der Waals surface area contributed by atoms with E-state index in [4.69, 9.17) is 4.74 Å². The fourth-order valence-electron chi connectivity index (χ4n) is 3.42. The molecular formula is C24H23FN6O3. The van der Waals surface area contributed by atoms with E-state index in [2.05, 4.69) is 20.6 Å². The summed E-state index contributed by atoms with van der Waals surface area (Å²) in [6, 6.07) is 11.2. The van der Waals surface area contributed by atoms with Crippen molar-refractivity contribution in [3.63, 3.8) is 0 Å². The van der Waals surface area contributed by atoms with Gasteiger partial charge in [-0.3, -0.25) is 9.20 Å². The Labute approximate surface area is 195 Å². The zero-order valence-electron chi connectivity index (χ0n) is 18.9. The molecular weight excluding hydrogens is 439 g/mol. The van der Waals surface area contributed by atoms with Crippen molar-refractivity contribution in [3.05, 3.63) is 72.6 Å². The predicted octanol–water partition coefficient (Wildman–Crippen LogP) is 3.96. The van der Waals surface area contributed by atoms with Gasteiger partial charge in [0.15, 0.2) is 17.2 Å². The zero-order valence-corrected chi connectivity index (χ0v) is 18.9. The summed E-state index contributed by atoms with van der Waals surface area (Å²) in [5.74, 6) is -0.846. The Morgan fingerprint density at radius 3 is 2.59 bits per heavy atom. The highest BCUT2D eigenvalue weighted by atomic mass is 19.1. The van der Waals surface area contributed by atoms with Gasteiger partial charge in [0.2, 0.25) is 0 Å². The summed E-state index contributed by atoms with van der Waals surface area (Å²) in [5.41, 5.74) is 3.47. The van der Waals surface area contributed by atoms with Crippen molar-refractivity contribution in [2.24, 2.45) is 0 Å². The number of amides is 3. The number of imidazole rings is 1. The molecule has 4 aromatic rings. The maximum absolute atomic E-state index is 13.7. The molecule has 0 bridgehead atoms. The number of urea groups is 1. The monoisotopic (exact) mass is 462 g/mol. The van der Waals surface area contributed by atoms with Crippen LogP contribution in [0.15, 0.2) is 61.1 Å². The van der Waals surface area contributed by atoms with Crippen LogP contribution in [0, 0.1) is 5.82 Å². The molecule has 0 aliphatic rings. The van der Waals surface area contributed by atoms with Crippen molar-refractivity contribution in [2.75, 3.05) is 30.9 Å². The van der Waals surface area contributed by atoms with Gasteiger partial charge in [0.25, 0.3) is 5.91 Å². The largest absolute Gasteiger partial charge is 0.494 e. The smallest absolute Gasteiger partial charge is 0.319 e. The number of carbonyl (C=O) groups excluding carboxylic acids is 2. The highest BCUT2D eigenvalue weighted by Gasteiger charge is 2.18. The second-order valence-electron chi connectivity index (χ2n) is 7.39. The Bertz CT molecular complexity index is 1350. The summed E-state index contributed by atoms with van der Waals surface area (Å²) < 4.78 is 20.5. The molecule has 2 aromatic heterocycles. The molecule has 0 atom stereocenters. The van der Waals surface area contributed by atoms with Gasteiger partial charge in [-0.1, -0.05) is 12.1 Å². The van der Waals surface area contributed by atoms with E-state index in [9.17, 15) is 14.0 Å². The van der Waals surface area contributed by atoms with E-state index in [1.807, 2.05) is 19.1 Å². The van der Waals surface area contributed by atoms with Crippen molar-refractivity contribution >= 4 is 29.0 Å². The van der Waals surface area contributed by atoms with Crippen LogP contribution in [0.2, 0.25) is 0 Å². The molecule has 0 saturated heterocycles. The highest BCUT2D eigenvalue weighted by Crippen LogP contribution is 2.26. The number of nitrogens with one attached hydrogen (secondary N) is 2. The van der Waals surface area contributed by atoms with Crippen LogP contribution in [-0.2, 0) is 0 Å². The number of ether oxygens (including phenoxy) is 1. The normalized spacial score (nSPS) is 10.7. The van der Waals surface area contributed by atoms with E-state index < -0.39 is 5.82 Å². The van der Waals surface area contributed by atoms with E-state index >= 15 is 0 Å². The van der Waals surface area contributed by atoms with Crippen molar-refractivity contribution < 1.29 is 18.7 Å². The van der Waals surface area contributed by atoms with Crippen LogP contribution >= 0.6 is 0 Å². The third-order valence-corrected chi connectivity index (χ3v) is 5.22. The van der Waals surface area contributed by atoms with Crippen LogP contribution in [0.4, 0.5) is 20.6 Å². The summed E-state index contributed by atoms with van der Waals surface area (Å²) in [5, 5.41) is 5.43. The molecule has 0 saturated carbocycles. The van der Waals surface area contributed by atoms with Crippen LogP contribution in [0.1, 0.15) is 17.4 Å². The third kappa shape index (κ3) is 4.51. The molecule has 34 heavy (non-hydrogen) atoms. The van der Waals surface area contributed by atoms with Gasteiger partial charge in [-0.2, -0.15) is 0 Å². The van der Waals surface area contributed by atoms with E-state index in [0.717, 1.165) is 11.3 Å². The minimum Gasteiger partial charge on any atom is -0.494 e. The van der Waals surface area contributed by atoms with Gasteiger partial charge >= 0.3 is 6.03 Å². The van der Waals surface area contributed by atoms with Gasteiger partial charge in [0.05, 0.1) is 25.2 Å². The fraction of sp³-hybridized carbons (Fsp3) is 0.167. The molecule has 0 radical (unpaired) electrons. The van der Waals surface area contributed by atoms with Crippen molar-refractivity contribution in [2.45, 2.75) is 6.92 Å². The lowest BCUT2D eigenvalue weighted by Gasteiger charge is -2.18. The Kier molecular flexibility index (Phi) is 6.39. The molecule has 2 N–H and O–H groups in total. The molecule has 0 unspecified atom stereocenters. The number of methoxy groups -OCH3 is 1. The number of nitrogens with zero attached hydrogens (tertiary/aromatic N) is 4. The first-order valence-corrected chi connectivity index (χ1v) is 10.5. The topological polar surface area (TPSA) is 101 Å². The molecule has 9 nitrogen and oxygen atoms in total. The molecule has 4 rings (SSSR count). The lowest BCUT2D eigenvalue weighted by atomic mass is 10.1. The Morgan fingerprint density at radius 2 is 1.88 bits per heavy atom. The maximum Gasteiger partial charge on any atom is 0.319 e. The van der Waals surface area contributed by atoms with E-state index in [1.165, 1.54) is 36.4 Å². The van der Waals surface area contributed by atoms with Gasteiger partial charge in [0.1, 0.15) is 5.69 Å². The molecule has 2 aromatic carbocycles. The minimum absolute atomic E-state index is 0.0440. The summed E-state index contributed by atoms with van der Waals surface area (Å²) in [4.78, 5) is 34.8. The van der Waals surface area contributed by atoms with Crippen LogP contribution in [0.25, 0.3) is 16.9 Å². The lowest BCUT2D eigenvalue weighted by molar-refractivity contribution is 0.0987. The molecule has 0 aliphatic carbocycles. The molecule has 3 amide bonds. The van der Waals surface area contributed by atoms with Crippen molar-refractivity contribution in [3.8, 4) is 17.0 Å². The predicted molar refractivity (Wildman–Crippen MR) is 127 cm³/mol. The molecule has 10 heteroatoms. The second kappa shape index (κ2) is 9.57. The summed E-state index contributed by atoms with van der Waals surface area (Å²) >= 11 is 0. The van der Waals surface area contributed by atoms with Crippen LogP contribution in [-0.4, -0.2) is 47.0 Å². The molecule has 2 heterocycles. The van der Waals surface area contributed by atoms with Crippen LogP contribution in [0.3, 0.4) is 0 Å². The van der Waals surface area contributed by atoms with Gasteiger partial charge in [-0.25, -0.2) is 19.2 Å². The Balaban J connectivity index is 1.61. The van der Waals surface area contributed by atoms with Crippen LogP contribution in [0.5, 0.6) is 5.75 Å². The maximum atomic E-state index is 13.7. The number of aromatic nitrogens is 3. The number of hydrogen-bond donors (Lipinski definition) is 2. The van der Waals surface area contributed by atoms with Crippen molar-refractivity contribution in [1.29, 1.82) is 0 Å². The third-order valence-electron chi connectivity index (χ3n) is 5.22. The highest BCUT2D eigenvalue weighted by molar-refractivity contribution is 6.04. The number of halogens is 1. The number of rotatable bonds is 6. The fourth-order valence-corrected chi connectivity index (χ4v) is 3.42. The van der Waals surface area contributed by atoms with Gasteiger partial charge < -0.3 is 20.3 Å². The number of fused-ring (bicyclic) bond motifs is 1. The van der Waals surface area contributed by atoms with E-state index in [-0.39, 0.29) is 23.4 Å². The standard InChI is InChI=1S/C24H23FN6O3/c1-4-26-24(33)29-16-7-5-15(6-8-16)20-12-28-22-13-27-19(14-31(20)22)23(32)30(2)17-9-10-18(25)21(11-17)34-3/h5-14H,4H2,1-3H3,(H2,26,29,33). The summed E-state index contributed by atoms with van der Waals surface area (Å²) in [7, 11) is 2.94. The molecule has 0 fully saturated rings. The van der Waals surface area contributed by atoms with Gasteiger partial charge in [-0.05, 0) is 31.2 Å². The quantitative estimate of drug-likeness (QED) is 0.452. The molecule has 0 aliphatic heterocycles. The number of anilines is 2. The number of benzene rings is 2. The first-order chi connectivity index (χ1) is 16.4. The number of hydrogen-bond acceptors (Lipinski definition) is 5. The lowest BCUT2D eigenvalue weighted by Crippen LogP contribution is -2.28. The van der Waals surface area contributed by atoms with Gasteiger partial charge in [0, 0.05) is 42.8 Å². The first kappa shape index (κ1) is 22.7. The second-order valence-corrected chi connectivity index (χ2v) is 7.39. The number of carbonyl (C=O) groups is 2. The average molecular weight is 462 g/mol. The Morgan fingerprint density at radius 1 is 1.12 bits per heavy atom. The van der Waals surface area contributed by atoms with E-state index in [1.54, 1.807) is 36.0 Å². The van der Waals surface area contributed by atoms with E-state index in [0.29, 0.717) is 23.6 Å². The Hall–Kier alpha value is -4.47. The first-order valence-electron chi connectivity index (χ1n) is 10.5. The zero-order chi connectivity index (χ0) is 24.2.